The molecular weight excluding hydrogens is 312 g/mol. The highest BCUT2D eigenvalue weighted by molar-refractivity contribution is 7.91. The lowest BCUT2D eigenvalue weighted by atomic mass is 10.0. The predicted octanol–water partition coefficient (Wildman–Crippen LogP) is 1.09. The van der Waals surface area contributed by atoms with Gasteiger partial charge < -0.3 is 10.2 Å². The second kappa shape index (κ2) is 6.73. The van der Waals surface area contributed by atoms with E-state index in [2.05, 4.69) is 27.1 Å². The van der Waals surface area contributed by atoms with Gasteiger partial charge in [-0.25, -0.2) is 18.4 Å². The van der Waals surface area contributed by atoms with Crippen LogP contribution in [0.5, 0.6) is 0 Å². The molecule has 3 heterocycles. The van der Waals surface area contributed by atoms with Crippen LogP contribution in [0.15, 0.2) is 6.07 Å². The lowest BCUT2D eigenvalue weighted by Crippen LogP contribution is -2.47. The first kappa shape index (κ1) is 16.6. The van der Waals surface area contributed by atoms with Gasteiger partial charge in [-0.1, -0.05) is 6.92 Å². The van der Waals surface area contributed by atoms with Crippen LogP contribution in [-0.2, 0) is 16.3 Å². The van der Waals surface area contributed by atoms with Crippen molar-refractivity contribution in [3.8, 4) is 0 Å². The fraction of sp³-hybridized carbons (Fsp3) is 0.750. The summed E-state index contributed by atoms with van der Waals surface area (Å²) in [5, 5.41) is 3.53. The Labute approximate surface area is 138 Å². The van der Waals surface area contributed by atoms with Gasteiger partial charge in [0.25, 0.3) is 0 Å². The first-order chi connectivity index (χ1) is 10.9. The highest BCUT2D eigenvalue weighted by Gasteiger charge is 2.30. The maximum absolute atomic E-state index is 11.5. The number of piperidine rings is 1. The Bertz CT molecular complexity index is 654. The summed E-state index contributed by atoms with van der Waals surface area (Å²) in [6.45, 7) is 5.96. The Morgan fingerprint density at radius 2 is 1.96 bits per heavy atom. The Hall–Kier alpha value is -1.21. The van der Waals surface area contributed by atoms with E-state index < -0.39 is 9.84 Å². The summed E-state index contributed by atoms with van der Waals surface area (Å²) in [6.07, 6.45) is 3.69. The molecule has 0 amide bonds. The lowest BCUT2D eigenvalue weighted by molar-refractivity contribution is 0.377. The molecule has 128 valence electrons. The zero-order valence-electron chi connectivity index (χ0n) is 14.0. The topological polar surface area (TPSA) is 75.2 Å². The van der Waals surface area contributed by atoms with Gasteiger partial charge in [0.1, 0.15) is 0 Å². The summed E-state index contributed by atoms with van der Waals surface area (Å²) in [5.74, 6) is 1.47. The van der Waals surface area contributed by atoms with Crippen LogP contribution in [0.1, 0.15) is 37.6 Å². The molecule has 0 saturated carbocycles. The zero-order chi connectivity index (χ0) is 16.4. The van der Waals surface area contributed by atoms with Crippen LogP contribution in [0.2, 0.25) is 0 Å². The Kier molecular flexibility index (Phi) is 4.87. The smallest absolute Gasteiger partial charge is 0.225 e. The number of rotatable bonds is 4. The van der Waals surface area contributed by atoms with E-state index in [0.29, 0.717) is 17.5 Å². The van der Waals surface area contributed by atoms with Crippen molar-refractivity contribution in [2.45, 2.75) is 51.6 Å². The van der Waals surface area contributed by atoms with Crippen molar-refractivity contribution >= 4 is 15.8 Å². The highest BCUT2D eigenvalue weighted by atomic mass is 32.2. The molecule has 0 unspecified atom stereocenters. The van der Waals surface area contributed by atoms with Gasteiger partial charge in [0.05, 0.1) is 11.5 Å². The molecule has 6 nitrogen and oxygen atoms in total. The van der Waals surface area contributed by atoms with Gasteiger partial charge in [0.15, 0.2) is 9.84 Å². The molecule has 0 aliphatic carbocycles. The van der Waals surface area contributed by atoms with E-state index in [0.717, 1.165) is 56.1 Å². The van der Waals surface area contributed by atoms with Gasteiger partial charge in [0, 0.05) is 36.6 Å². The first-order valence-electron chi connectivity index (χ1n) is 8.51. The van der Waals surface area contributed by atoms with E-state index >= 15 is 0 Å². The predicted molar refractivity (Wildman–Crippen MR) is 91.6 cm³/mol. The van der Waals surface area contributed by atoms with Gasteiger partial charge in [0.2, 0.25) is 5.95 Å². The number of anilines is 1. The van der Waals surface area contributed by atoms with Crippen LogP contribution in [0.25, 0.3) is 0 Å². The minimum atomic E-state index is -2.81. The molecule has 1 aromatic rings. The average molecular weight is 338 g/mol. The molecule has 1 aromatic heterocycles. The second-order valence-electron chi connectivity index (χ2n) is 6.68. The van der Waals surface area contributed by atoms with Crippen molar-refractivity contribution in [3.63, 3.8) is 0 Å². The summed E-state index contributed by atoms with van der Waals surface area (Å²) in [7, 11) is -2.81. The van der Waals surface area contributed by atoms with Gasteiger partial charge >= 0.3 is 0 Å². The second-order valence-corrected chi connectivity index (χ2v) is 8.91. The third kappa shape index (κ3) is 4.20. The molecule has 3 rings (SSSR count). The summed E-state index contributed by atoms with van der Waals surface area (Å²) >= 11 is 0. The maximum Gasteiger partial charge on any atom is 0.225 e. The van der Waals surface area contributed by atoms with Crippen LogP contribution in [0.3, 0.4) is 0 Å². The number of aromatic nitrogens is 2. The molecule has 23 heavy (non-hydrogen) atoms. The molecule has 1 atom stereocenters. The summed E-state index contributed by atoms with van der Waals surface area (Å²) in [5.41, 5.74) is 2.10. The van der Waals surface area contributed by atoms with E-state index in [1.165, 1.54) is 0 Å². The Morgan fingerprint density at radius 1 is 1.22 bits per heavy atom. The van der Waals surface area contributed by atoms with E-state index in [4.69, 9.17) is 0 Å². The van der Waals surface area contributed by atoms with Crippen molar-refractivity contribution in [2.24, 2.45) is 0 Å². The normalized spacial score (nSPS) is 25.0. The molecule has 2 aliphatic heterocycles. The number of hydrogen-bond acceptors (Lipinski definition) is 6. The molecule has 1 N–H and O–H groups in total. The summed E-state index contributed by atoms with van der Waals surface area (Å²) in [6, 6.07) is 2.58. The van der Waals surface area contributed by atoms with E-state index in [9.17, 15) is 8.42 Å². The zero-order valence-corrected chi connectivity index (χ0v) is 14.8. The van der Waals surface area contributed by atoms with Crippen LogP contribution in [-0.4, -0.2) is 55.1 Å². The quantitative estimate of drug-likeness (QED) is 0.886. The molecular formula is C16H26N4O2S. The van der Waals surface area contributed by atoms with Crippen molar-refractivity contribution in [3.05, 3.63) is 17.5 Å². The van der Waals surface area contributed by atoms with Gasteiger partial charge in [-0.05, 0) is 38.7 Å². The number of aryl methyl sites for hydroxylation is 2. The number of nitrogens with one attached hydrogen (secondary N) is 1. The molecule has 2 fully saturated rings. The van der Waals surface area contributed by atoms with Crippen LogP contribution >= 0.6 is 0 Å². The monoisotopic (exact) mass is 338 g/mol. The van der Waals surface area contributed by atoms with Crippen molar-refractivity contribution in [1.29, 1.82) is 0 Å². The third-order valence-corrected chi connectivity index (χ3v) is 6.51. The first-order valence-corrected chi connectivity index (χ1v) is 10.3. The minimum Gasteiger partial charge on any atom is -0.341 e. The molecule has 0 radical (unpaired) electrons. The minimum absolute atomic E-state index is 0.137. The van der Waals surface area contributed by atoms with Crippen LogP contribution in [0, 0.1) is 6.92 Å². The van der Waals surface area contributed by atoms with Crippen molar-refractivity contribution in [1.82, 2.24) is 15.3 Å². The van der Waals surface area contributed by atoms with Crippen molar-refractivity contribution < 1.29 is 8.42 Å². The lowest BCUT2D eigenvalue weighted by Gasteiger charge is -2.34. The maximum atomic E-state index is 11.5. The largest absolute Gasteiger partial charge is 0.341 e. The van der Waals surface area contributed by atoms with Gasteiger partial charge in [-0.15, -0.1) is 0 Å². The Balaban J connectivity index is 1.55. The molecule has 2 aliphatic rings. The SMILES string of the molecule is CCc1cc(C)nc(N2CCC(N[C@@H]3CCS(=O)(=O)C3)CC2)n1. The fourth-order valence-corrected chi connectivity index (χ4v) is 5.13. The summed E-state index contributed by atoms with van der Waals surface area (Å²) < 4.78 is 23.1. The summed E-state index contributed by atoms with van der Waals surface area (Å²) in [4.78, 5) is 11.5. The van der Waals surface area contributed by atoms with Crippen molar-refractivity contribution in [2.75, 3.05) is 29.5 Å². The number of nitrogens with zero attached hydrogens (tertiary/aromatic N) is 3. The fourth-order valence-electron chi connectivity index (χ4n) is 3.45. The highest BCUT2D eigenvalue weighted by Crippen LogP contribution is 2.19. The van der Waals surface area contributed by atoms with Gasteiger partial charge in [-0.2, -0.15) is 0 Å². The van der Waals surface area contributed by atoms with Gasteiger partial charge in [-0.3, -0.25) is 0 Å². The molecule has 0 spiro atoms. The van der Waals surface area contributed by atoms with Crippen LogP contribution < -0.4 is 10.2 Å². The number of hydrogen-bond donors (Lipinski definition) is 1. The molecule has 0 aromatic carbocycles. The third-order valence-electron chi connectivity index (χ3n) is 4.74. The molecule has 0 bridgehead atoms. The number of sulfone groups is 1. The Morgan fingerprint density at radius 3 is 2.57 bits per heavy atom. The standard InChI is InChI=1S/C16H26N4O2S/c1-3-13-10-12(2)17-16(19-13)20-7-4-14(5-8-20)18-15-6-9-23(21,22)11-15/h10,14-15,18H,3-9,11H2,1-2H3/t15-/m1/s1. The van der Waals surface area contributed by atoms with E-state index in [1.807, 2.05) is 13.0 Å². The van der Waals surface area contributed by atoms with E-state index in [1.54, 1.807) is 0 Å². The average Bonchev–Trinajstić information content (AvgIpc) is 2.86. The van der Waals surface area contributed by atoms with Crippen LogP contribution in [0.4, 0.5) is 5.95 Å². The molecule has 7 heteroatoms. The molecule has 2 saturated heterocycles. The van der Waals surface area contributed by atoms with E-state index in [-0.39, 0.29) is 6.04 Å².